The Hall–Kier alpha value is -1.43. The molecule has 0 aliphatic heterocycles. The molecule has 5 heteroatoms. The molecule has 3 rings (SSSR count). The van der Waals surface area contributed by atoms with Crippen LogP contribution in [0.15, 0.2) is 42.5 Å². The summed E-state index contributed by atoms with van der Waals surface area (Å²) in [7, 11) is 0. The van der Waals surface area contributed by atoms with Gasteiger partial charge in [-0.2, -0.15) is 0 Å². The second-order valence-electron chi connectivity index (χ2n) is 8.25. The van der Waals surface area contributed by atoms with E-state index in [0.717, 1.165) is 23.1 Å². The van der Waals surface area contributed by atoms with Crippen molar-refractivity contribution >= 4 is 11.6 Å². The van der Waals surface area contributed by atoms with Gasteiger partial charge in [-0.25, -0.2) is 0 Å². The first-order chi connectivity index (χ1) is 13.3. The Morgan fingerprint density at radius 3 is 2.25 bits per heavy atom. The van der Waals surface area contributed by atoms with Crippen molar-refractivity contribution in [2.45, 2.75) is 57.3 Å². The van der Waals surface area contributed by atoms with Crippen molar-refractivity contribution in [3.63, 3.8) is 0 Å². The highest BCUT2D eigenvalue weighted by Crippen LogP contribution is 2.44. The van der Waals surface area contributed by atoms with Crippen LogP contribution in [0.2, 0.25) is 5.02 Å². The maximum absolute atomic E-state index is 10.6. The molecule has 5 atom stereocenters. The van der Waals surface area contributed by atoms with Crippen LogP contribution in [0.5, 0.6) is 0 Å². The average Bonchev–Trinajstić information content (AvgIpc) is 2.71. The first-order valence-corrected chi connectivity index (χ1v) is 10.2. The predicted octanol–water partition coefficient (Wildman–Crippen LogP) is 3.06. The van der Waals surface area contributed by atoms with Gasteiger partial charge in [-0.1, -0.05) is 61.8 Å². The van der Waals surface area contributed by atoms with Gasteiger partial charge in [0.05, 0.1) is 18.8 Å². The normalized spacial score (nSPS) is 30.4. The van der Waals surface area contributed by atoms with Crippen LogP contribution in [0.25, 0.3) is 0 Å². The van der Waals surface area contributed by atoms with E-state index < -0.39 is 29.6 Å². The predicted molar refractivity (Wildman–Crippen MR) is 111 cm³/mol. The minimum atomic E-state index is -1.31. The molecule has 152 valence electrons. The smallest absolute Gasteiger partial charge is 0.107 e. The van der Waals surface area contributed by atoms with Gasteiger partial charge in [-0.3, -0.25) is 0 Å². The molecule has 0 aromatic heterocycles. The standard InChI is InChI=1S/C23H29ClO4/c1-3-14-4-6-15(7-5-14)10-17-11-16(8-9-19(17)24)18-12-23(2,13-25)22(28)21(27)20(18)26/h4-9,11,18,20-22,25-28H,3,10,12-13H2,1-2H3. The monoisotopic (exact) mass is 404 g/mol. The zero-order valence-electron chi connectivity index (χ0n) is 16.3. The molecule has 0 spiro atoms. The lowest BCUT2D eigenvalue weighted by molar-refractivity contribution is -0.161. The summed E-state index contributed by atoms with van der Waals surface area (Å²) in [6.45, 7) is 3.58. The number of hydrogen-bond acceptors (Lipinski definition) is 4. The molecule has 5 unspecified atom stereocenters. The molecule has 0 saturated heterocycles. The van der Waals surface area contributed by atoms with Crippen LogP contribution in [-0.4, -0.2) is 45.3 Å². The van der Waals surface area contributed by atoms with Crippen molar-refractivity contribution in [2.75, 3.05) is 6.61 Å². The van der Waals surface area contributed by atoms with Gasteiger partial charge >= 0.3 is 0 Å². The van der Waals surface area contributed by atoms with E-state index >= 15 is 0 Å². The minimum Gasteiger partial charge on any atom is -0.396 e. The van der Waals surface area contributed by atoms with Gasteiger partial charge in [0, 0.05) is 16.4 Å². The van der Waals surface area contributed by atoms with E-state index in [1.165, 1.54) is 5.56 Å². The first kappa shape index (κ1) is 21.3. The molecular formula is C23H29ClO4. The zero-order chi connectivity index (χ0) is 20.5. The van der Waals surface area contributed by atoms with E-state index in [-0.39, 0.29) is 6.61 Å². The summed E-state index contributed by atoms with van der Waals surface area (Å²) >= 11 is 6.42. The van der Waals surface area contributed by atoms with Gasteiger partial charge in [0.1, 0.15) is 6.10 Å². The molecule has 2 aromatic carbocycles. The Labute approximate surface area is 171 Å². The summed E-state index contributed by atoms with van der Waals surface area (Å²) in [6, 6.07) is 14.0. The van der Waals surface area contributed by atoms with Crippen LogP contribution >= 0.6 is 11.6 Å². The maximum Gasteiger partial charge on any atom is 0.107 e. The van der Waals surface area contributed by atoms with Crippen molar-refractivity contribution < 1.29 is 20.4 Å². The fourth-order valence-electron chi connectivity index (χ4n) is 4.13. The highest BCUT2D eigenvalue weighted by Gasteiger charge is 2.49. The Morgan fingerprint density at radius 1 is 1.00 bits per heavy atom. The van der Waals surface area contributed by atoms with Gasteiger partial charge in [0.15, 0.2) is 0 Å². The van der Waals surface area contributed by atoms with Crippen molar-refractivity contribution in [3.05, 3.63) is 69.7 Å². The topological polar surface area (TPSA) is 80.9 Å². The molecule has 1 aliphatic rings. The Bertz CT molecular complexity index is 807. The third kappa shape index (κ3) is 4.12. The van der Waals surface area contributed by atoms with Crippen molar-refractivity contribution in [1.29, 1.82) is 0 Å². The van der Waals surface area contributed by atoms with Crippen molar-refractivity contribution in [2.24, 2.45) is 5.41 Å². The van der Waals surface area contributed by atoms with Gasteiger partial charge in [0.25, 0.3) is 0 Å². The van der Waals surface area contributed by atoms with Gasteiger partial charge < -0.3 is 20.4 Å². The lowest BCUT2D eigenvalue weighted by Gasteiger charge is -2.46. The minimum absolute atomic E-state index is 0.265. The Morgan fingerprint density at radius 2 is 1.64 bits per heavy atom. The number of aliphatic hydroxyl groups is 4. The number of halogens is 1. The van der Waals surface area contributed by atoms with E-state index in [2.05, 4.69) is 31.2 Å². The summed E-state index contributed by atoms with van der Waals surface area (Å²) in [5.41, 5.74) is 3.35. The molecule has 0 bridgehead atoms. The van der Waals surface area contributed by atoms with Crippen LogP contribution < -0.4 is 0 Å². The van der Waals surface area contributed by atoms with Crippen molar-refractivity contribution in [1.82, 2.24) is 0 Å². The quantitative estimate of drug-likeness (QED) is 0.617. The molecule has 0 heterocycles. The van der Waals surface area contributed by atoms with E-state index in [0.29, 0.717) is 17.9 Å². The molecular weight excluding hydrogens is 376 g/mol. The Balaban J connectivity index is 1.89. The van der Waals surface area contributed by atoms with Crippen LogP contribution in [0.3, 0.4) is 0 Å². The molecule has 4 nitrogen and oxygen atoms in total. The van der Waals surface area contributed by atoms with Crippen LogP contribution in [0.4, 0.5) is 0 Å². The summed E-state index contributed by atoms with van der Waals surface area (Å²) in [5, 5.41) is 41.6. The number of rotatable bonds is 5. The molecule has 28 heavy (non-hydrogen) atoms. The number of hydrogen-bond donors (Lipinski definition) is 4. The highest BCUT2D eigenvalue weighted by molar-refractivity contribution is 6.31. The fourth-order valence-corrected chi connectivity index (χ4v) is 4.31. The molecule has 1 aliphatic carbocycles. The molecule has 1 saturated carbocycles. The lowest BCUT2D eigenvalue weighted by Crippen LogP contribution is -2.56. The van der Waals surface area contributed by atoms with E-state index in [1.807, 2.05) is 18.2 Å². The van der Waals surface area contributed by atoms with Crippen molar-refractivity contribution in [3.8, 4) is 0 Å². The van der Waals surface area contributed by atoms with E-state index in [1.54, 1.807) is 6.92 Å². The van der Waals surface area contributed by atoms with Crippen LogP contribution in [0.1, 0.15) is 48.4 Å². The summed E-state index contributed by atoms with van der Waals surface area (Å²) in [4.78, 5) is 0. The van der Waals surface area contributed by atoms with Gasteiger partial charge in [0.2, 0.25) is 0 Å². The third-order valence-electron chi connectivity index (χ3n) is 6.17. The van der Waals surface area contributed by atoms with Gasteiger partial charge in [-0.15, -0.1) is 0 Å². The second-order valence-corrected chi connectivity index (χ2v) is 8.65. The lowest BCUT2D eigenvalue weighted by atomic mass is 9.65. The van der Waals surface area contributed by atoms with Crippen LogP contribution in [-0.2, 0) is 12.8 Å². The number of aliphatic hydroxyl groups excluding tert-OH is 4. The molecule has 4 N–H and O–H groups in total. The third-order valence-corrected chi connectivity index (χ3v) is 6.54. The summed E-state index contributed by atoms with van der Waals surface area (Å²) in [5.74, 6) is -0.394. The van der Waals surface area contributed by atoms with Crippen LogP contribution in [0, 0.1) is 5.41 Å². The molecule has 1 fully saturated rings. The Kier molecular flexibility index (Phi) is 6.47. The number of benzene rings is 2. The zero-order valence-corrected chi connectivity index (χ0v) is 17.1. The highest BCUT2D eigenvalue weighted by atomic mass is 35.5. The number of aryl methyl sites for hydroxylation is 1. The first-order valence-electron chi connectivity index (χ1n) is 9.80. The molecule has 2 aromatic rings. The van der Waals surface area contributed by atoms with Gasteiger partial charge in [-0.05, 0) is 47.6 Å². The molecule has 0 radical (unpaired) electrons. The second kappa shape index (κ2) is 8.52. The largest absolute Gasteiger partial charge is 0.396 e. The summed E-state index contributed by atoms with van der Waals surface area (Å²) in [6.07, 6.45) is -1.55. The molecule has 0 amide bonds. The van der Waals surface area contributed by atoms with E-state index in [9.17, 15) is 20.4 Å². The maximum atomic E-state index is 10.6. The van der Waals surface area contributed by atoms with E-state index in [4.69, 9.17) is 11.6 Å². The summed E-state index contributed by atoms with van der Waals surface area (Å²) < 4.78 is 0. The average molecular weight is 405 g/mol. The fraction of sp³-hybridized carbons (Fsp3) is 0.478. The SMILES string of the molecule is CCc1ccc(Cc2cc(C3CC(C)(CO)C(O)C(O)C3O)ccc2Cl)cc1.